The van der Waals surface area contributed by atoms with Crippen LogP contribution in [0.1, 0.15) is 11.6 Å². The third-order valence-corrected chi connectivity index (χ3v) is 3.29. The van der Waals surface area contributed by atoms with Gasteiger partial charge in [0.1, 0.15) is 5.82 Å². The molecule has 1 unspecified atom stereocenters. The molecule has 0 radical (unpaired) electrons. The topological polar surface area (TPSA) is 49.3 Å². The predicted molar refractivity (Wildman–Crippen MR) is 74.5 cm³/mol. The first kappa shape index (κ1) is 13.5. The van der Waals surface area contributed by atoms with Gasteiger partial charge < -0.3 is 10.4 Å². The van der Waals surface area contributed by atoms with E-state index in [1.54, 1.807) is 24.3 Å². The van der Waals surface area contributed by atoms with Gasteiger partial charge in [0.2, 0.25) is 0 Å². The predicted octanol–water partition coefficient (Wildman–Crippen LogP) is 3.83. The number of nitrogens with one attached hydrogen (secondary N) is 1. The maximum atomic E-state index is 13.2. The van der Waals surface area contributed by atoms with E-state index in [-0.39, 0.29) is 0 Å². The van der Waals surface area contributed by atoms with E-state index < -0.39 is 17.8 Å². The Kier molecular flexibility index (Phi) is 4.16. The van der Waals surface area contributed by atoms with Crippen molar-refractivity contribution < 1.29 is 14.3 Å². The number of carboxylic acid groups (broad SMARTS) is 1. The average molecular weight is 324 g/mol. The largest absolute Gasteiger partial charge is 0.479 e. The fraction of sp³-hybridized carbons (Fsp3) is 0.0714. The van der Waals surface area contributed by atoms with Crippen LogP contribution in [0.2, 0.25) is 0 Å². The van der Waals surface area contributed by atoms with Crippen LogP contribution in [0.3, 0.4) is 0 Å². The summed E-state index contributed by atoms with van der Waals surface area (Å²) in [7, 11) is 0. The third kappa shape index (κ3) is 3.32. The minimum atomic E-state index is -1.07. The highest BCUT2D eigenvalue weighted by molar-refractivity contribution is 9.10. The van der Waals surface area contributed by atoms with Crippen molar-refractivity contribution in [3.63, 3.8) is 0 Å². The maximum Gasteiger partial charge on any atom is 0.330 e. The van der Waals surface area contributed by atoms with Gasteiger partial charge in [-0.25, -0.2) is 9.18 Å². The highest BCUT2D eigenvalue weighted by atomic mass is 79.9. The van der Waals surface area contributed by atoms with E-state index in [1.165, 1.54) is 18.2 Å². The highest BCUT2D eigenvalue weighted by Crippen LogP contribution is 2.26. The molecular formula is C14H11BrFNO2. The molecule has 2 aromatic rings. The average Bonchev–Trinajstić information content (AvgIpc) is 2.37. The van der Waals surface area contributed by atoms with Crippen molar-refractivity contribution in [2.45, 2.75) is 6.04 Å². The molecule has 2 rings (SSSR count). The summed E-state index contributed by atoms with van der Waals surface area (Å²) < 4.78 is 13.9. The molecule has 0 aromatic heterocycles. The zero-order valence-corrected chi connectivity index (χ0v) is 11.4. The number of carbonyl (C=O) groups is 1. The molecule has 0 spiro atoms. The van der Waals surface area contributed by atoms with Crippen LogP contribution >= 0.6 is 15.9 Å². The second-order valence-corrected chi connectivity index (χ2v) is 4.80. The lowest BCUT2D eigenvalue weighted by molar-refractivity contribution is -0.138. The van der Waals surface area contributed by atoms with Gasteiger partial charge in [-0.1, -0.05) is 24.3 Å². The van der Waals surface area contributed by atoms with E-state index in [2.05, 4.69) is 21.2 Å². The van der Waals surface area contributed by atoms with Crippen LogP contribution in [0.15, 0.2) is 53.0 Å². The van der Waals surface area contributed by atoms with E-state index in [0.717, 1.165) is 4.47 Å². The van der Waals surface area contributed by atoms with Crippen molar-refractivity contribution >= 4 is 27.6 Å². The van der Waals surface area contributed by atoms with Crippen molar-refractivity contribution in [1.82, 2.24) is 0 Å². The van der Waals surface area contributed by atoms with Gasteiger partial charge in [-0.05, 0) is 45.8 Å². The SMILES string of the molecule is O=C(O)C(Nc1ccccc1Br)c1cccc(F)c1. The van der Waals surface area contributed by atoms with Crippen molar-refractivity contribution in [3.8, 4) is 0 Å². The number of aliphatic carboxylic acids is 1. The first-order chi connectivity index (χ1) is 9.08. The smallest absolute Gasteiger partial charge is 0.330 e. The fourth-order valence-corrected chi connectivity index (χ4v) is 2.11. The molecule has 0 aliphatic heterocycles. The summed E-state index contributed by atoms with van der Waals surface area (Å²) in [5, 5.41) is 12.1. The number of hydrogen-bond acceptors (Lipinski definition) is 2. The molecular weight excluding hydrogens is 313 g/mol. The lowest BCUT2D eigenvalue weighted by Crippen LogP contribution is -2.20. The van der Waals surface area contributed by atoms with Crippen LogP contribution in [0.25, 0.3) is 0 Å². The molecule has 3 nitrogen and oxygen atoms in total. The normalized spacial score (nSPS) is 11.9. The monoisotopic (exact) mass is 323 g/mol. The number of rotatable bonds is 4. The van der Waals surface area contributed by atoms with E-state index in [4.69, 9.17) is 0 Å². The first-order valence-electron chi connectivity index (χ1n) is 5.57. The standard InChI is InChI=1S/C14H11BrFNO2/c15-11-6-1-2-7-12(11)17-13(14(18)19)9-4-3-5-10(16)8-9/h1-8,13,17H,(H,18,19). The summed E-state index contributed by atoms with van der Waals surface area (Å²) >= 11 is 3.33. The number of para-hydroxylation sites is 1. The Hall–Kier alpha value is -1.88. The highest BCUT2D eigenvalue weighted by Gasteiger charge is 2.20. The number of anilines is 1. The summed E-state index contributed by atoms with van der Waals surface area (Å²) in [6.07, 6.45) is 0. The zero-order valence-electron chi connectivity index (χ0n) is 9.81. The molecule has 2 N–H and O–H groups in total. The van der Waals surface area contributed by atoms with Crippen LogP contribution in [-0.2, 0) is 4.79 Å². The molecule has 0 fully saturated rings. The number of hydrogen-bond donors (Lipinski definition) is 2. The van der Waals surface area contributed by atoms with Crippen molar-refractivity contribution in [2.75, 3.05) is 5.32 Å². The van der Waals surface area contributed by atoms with Crippen molar-refractivity contribution in [3.05, 3.63) is 64.4 Å². The second kappa shape index (κ2) is 5.84. The number of halogens is 2. The van der Waals surface area contributed by atoms with Gasteiger partial charge in [-0.15, -0.1) is 0 Å². The lowest BCUT2D eigenvalue weighted by atomic mass is 10.1. The Balaban J connectivity index is 2.32. The quantitative estimate of drug-likeness (QED) is 0.899. The van der Waals surface area contributed by atoms with E-state index in [1.807, 2.05) is 6.07 Å². The van der Waals surface area contributed by atoms with Gasteiger partial charge in [-0.2, -0.15) is 0 Å². The van der Waals surface area contributed by atoms with Crippen LogP contribution in [0.4, 0.5) is 10.1 Å². The van der Waals surface area contributed by atoms with E-state index in [9.17, 15) is 14.3 Å². The fourth-order valence-electron chi connectivity index (χ4n) is 1.71. The van der Waals surface area contributed by atoms with Crippen LogP contribution in [0.5, 0.6) is 0 Å². The van der Waals surface area contributed by atoms with Gasteiger partial charge in [0, 0.05) is 10.2 Å². The molecule has 0 amide bonds. The van der Waals surface area contributed by atoms with Crippen molar-refractivity contribution in [2.24, 2.45) is 0 Å². The maximum absolute atomic E-state index is 13.2. The Morgan fingerprint density at radius 3 is 2.58 bits per heavy atom. The number of benzene rings is 2. The Morgan fingerprint density at radius 1 is 1.21 bits per heavy atom. The van der Waals surface area contributed by atoms with Crippen molar-refractivity contribution in [1.29, 1.82) is 0 Å². The lowest BCUT2D eigenvalue weighted by Gasteiger charge is -2.17. The van der Waals surface area contributed by atoms with Gasteiger partial charge in [-0.3, -0.25) is 0 Å². The van der Waals surface area contributed by atoms with E-state index >= 15 is 0 Å². The summed E-state index contributed by atoms with van der Waals surface area (Å²) in [6, 6.07) is 11.7. The van der Waals surface area contributed by atoms with E-state index in [0.29, 0.717) is 11.3 Å². The van der Waals surface area contributed by atoms with Gasteiger partial charge in [0.15, 0.2) is 6.04 Å². The second-order valence-electron chi connectivity index (χ2n) is 3.95. The Morgan fingerprint density at radius 2 is 1.95 bits per heavy atom. The number of carboxylic acids is 1. The van der Waals surface area contributed by atoms with Gasteiger partial charge in [0.25, 0.3) is 0 Å². The molecule has 0 aliphatic carbocycles. The summed E-state index contributed by atoms with van der Waals surface area (Å²) in [4.78, 5) is 11.3. The molecule has 1 atom stereocenters. The molecule has 0 aliphatic rings. The molecule has 0 saturated heterocycles. The molecule has 0 bridgehead atoms. The Labute approximate surface area is 118 Å². The summed E-state index contributed by atoms with van der Waals surface area (Å²) in [5.41, 5.74) is 1.00. The van der Waals surface area contributed by atoms with Crippen LogP contribution in [0, 0.1) is 5.82 Å². The molecule has 0 saturated carbocycles. The molecule has 98 valence electrons. The molecule has 0 heterocycles. The van der Waals surface area contributed by atoms with Gasteiger partial charge >= 0.3 is 5.97 Å². The third-order valence-electron chi connectivity index (χ3n) is 2.60. The minimum absolute atomic E-state index is 0.364. The zero-order chi connectivity index (χ0) is 13.8. The summed E-state index contributed by atoms with van der Waals surface area (Å²) in [6.45, 7) is 0. The minimum Gasteiger partial charge on any atom is -0.479 e. The molecule has 19 heavy (non-hydrogen) atoms. The van der Waals surface area contributed by atoms with Crippen LogP contribution < -0.4 is 5.32 Å². The van der Waals surface area contributed by atoms with Gasteiger partial charge in [0.05, 0.1) is 0 Å². The Bertz CT molecular complexity index is 604. The first-order valence-corrected chi connectivity index (χ1v) is 6.36. The molecule has 2 aromatic carbocycles. The summed E-state index contributed by atoms with van der Waals surface area (Å²) in [5.74, 6) is -1.53. The molecule has 5 heteroatoms. The van der Waals surface area contributed by atoms with Crippen LogP contribution in [-0.4, -0.2) is 11.1 Å².